The van der Waals surface area contributed by atoms with Crippen LogP contribution in [-0.2, 0) is 4.79 Å². The van der Waals surface area contributed by atoms with Gasteiger partial charge in [-0.15, -0.1) is 0 Å². The van der Waals surface area contributed by atoms with Gasteiger partial charge in [0.15, 0.2) is 0 Å². The minimum Gasteiger partial charge on any atom is -0.480 e. The number of piperidine rings is 1. The highest BCUT2D eigenvalue weighted by Gasteiger charge is 2.32. The van der Waals surface area contributed by atoms with Crippen molar-refractivity contribution in [3.63, 3.8) is 0 Å². The lowest BCUT2D eigenvalue weighted by molar-refractivity contribution is -0.139. The van der Waals surface area contributed by atoms with Gasteiger partial charge in [-0.3, -0.25) is 0 Å². The minimum absolute atomic E-state index is 0.0177. The van der Waals surface area contributed by atoms with Crippen LogP contribution in [0.1, 0.15) is 32.1 Å². The van der Waals surface area contributed by atoms with E-state index in [0.717, 1.165) is 25.9 Å². The maximum Gasteiger partial charge on any atom is 0.326 e. The Balaban J connectivity index is 1.77. The first-order valence-electron chi connectivity index (χ1n) is 7.25. The molecule has 114 valence electrons. The fraction of sp³-hybridized carbons (Fsp3) is 0.846. The van der Waals surface area contributed by atoms with Crippen LogP contribution < -0.4 is 10.6 Å². The molecule has 2 saturated heterocycles. The van der Waals surface area contributed by atoms with Crippen molar-refractivity contribution in [2.24, 2.45) is 0 Å². The number of carboxylic acids is 1. The number of fused-ring (bicyclic) bond motifs is 1. The van der Waals surface area contributed by atoms with Gasteiger partial charge in [0, 0.05) is 31.7 Å². The summed E-state index contributed by atoms with van der Waals surface area (Å²) in [5.41, 5.74) is 0. The van der Waals surface area contributed by atoms with Crippen molar-refractivity contribution < 1.29 is 19.8 Å². The molecule has 7 heteroatoms. The fourth-order valence-corrected chi connectivity index (χ4v) is 3.13. The summed E-state index contributed by atoms with van der Waals surface area (Å²) in [4.78, 5) is 25.2. The summed E-state index contributed by atoms with van der Waals surface area (Å²) in [5, 5.41) is 23.0. The Labute approximate surface area is 118 Å². The Hall–Kier alpha value is -1.34. The average Bonchev–Trinajstić information content (AvgIpc) is 2.85. The largest absolute Gasteiger partial charge is 0.480 e. The third kappa shape index (κ3) is 3.83. The molecular weight excluding hydrogens is 262 g/mol. The number of hydrogen-bond acceptors (Lipinski definition) is 4. The second-order valence-corrected chi connectivity index (χ2v) is 5.57. The highest BCUT2D eigenvalue weighted by atomic mass is 16.4. The molecule has 2 aliphatic rings. The molecule has 2 unspecified atom stereocenters. The van der Waals surface area contributed by atoms with Gasteiger partial charge in [0.25, 0.3) is 0 Å². The van der Waals surface area contributed by atoms with E-state index in [9.17, 15) is 9.59 Å². The Morgan fingerprint density at radius 3 is 2.80 bits per heavy atom. The van der Waals surface area contributed by atoms with Gasteiger partial charge in [-0.25, -0.2) is 9.59 Å². The number of carboxylic acid groups (broad SMARTS) is 1. The summed E-state index contributed by atoms with van der Waals surface area (Å²) in [6.45, 7) is 1.88. The lowest BCUT2D eigenvalue weighted by Gasteiger charge is -2.35. The first-order chi connectivity index (χ1) is 9.60. The maximum absolute atomic E-state index is 11.8. The van der Waals surface area contributed by atoms with Crippen LogP contribution in [0.2, 0.25) is 0 Å². The topological polar surface area (TPSA) is 102 Å². The molecule has 7 nitrogen and oxygen atoms in total. The molecule has 2 amide bonds. The van der Waals surface area contributed by atoms with Gasteiger partial charge < -0.3 is 25.7 Å². The molecule has 20 heavy (non-hydrogen) atoms. The number of nitrogens with zero attached hydrogens (tertiary/aromatic N) is 1. The van der Waals surface area contributed by atoms with Gasteiger partial charge in [-0.1, -0.05) is 0 Å². The summed E-state index contributed by atoms with van der Waals surface area (Å²) in [7, 11) is 0. The van der Waals surface area contributed by atoms with Crippen molar-refractivity contribution in [2.75, 3.05) is 19.7 Å². The molecule has 2 heterocycles. The average molecular weight is 285 g/mol. The van der Waals surface area contributed by atoms with E-state index in [1.807, 2.05) is 0 Å². The molecule has 0 aliphatic carbocycles. The lowest BCUT2D eigenvalue weighted by Crippen LogP contribution is -2.53. The molecular formula is C13H23N3O4. The zero-order valence-electron chi connectivity index (χ0n) is 11.5. The van der Waals surface area contributed by atoms with E-state index >= 15 is 0 Å². The van der Waals surface area contributed by atoms with Gasteiger partial charge in [0.1, 0.15) is 6.04 Å². The normalized spacial score (nSPS) is 27.6. The van der Waals surface area contributed by atoms with E-state index in [2.05, 4.69) is 15.5 Å². The van der Waals surface area contributed by atoms with Crippen LogP contribution in [0.25, 0.3) is 0 Å². The van der Waals surface area contributed by atoms with E-state index in [1.165, 1.54) is 12.8 Å². The first-order valence-corrected chi connectivity index (χ1v) is 7.25. The maximum atomic E-state index is 11.8. The molecule has 4 N–H and O–H groups in total. The number of rotatable bonds is 5. The standard InChI is InChI=1S/C13H23N3O4/c17-7-4-11(12(18)19)15-13(20)14-9-3-6-16-5-1-2-10(16)8-9/h9-11,17H,1-8H2,(H,18,19)(H2,14,15,20)/t9?,10?,11-/m0/s1. The van der Waals surface area contributed by atoms with Crippen molar-refractivity contribution in [1.82, 2.24) is 15.5 Å². The number of hydrogen-bond donors (Lipinski definition) is 4. The van der Waals surface area contributed by atoms with Gasteiger partial charge in [0.05, 0.1) is 0 Å². The third-order valence-electron chi connectivity index (χ3n) is 4.18. The van der Waals surface area contributed by atoms with E-state index < -0.39 is 18.0 Å². The second kappa shape index (κ2) is 6.90. The Morgan fingerprint density at radius 1 is 1.30 bits per heavy atom. The summed E-state index contributed by atoms with van der Waals surface area (Å²) >= 11 is 0. The highest BCUT2D eigenvalue weighted by Crippen LogP contribution is 2.26. The highest BCUT2D eigenvalue weighted by molar-refractivity contribution is 5.82. The van der Waals surface area contributed by atoms with E-state index in [-0.39, 0.29) is 19.1 Å². The molecule has 0 aromatic carbocycles. The second-order valence-electron chi connectivity index (χ2n) is 5.57. The van der Waals surface area contributed by atoms with Crippen molar-refractivity contribution in [2.45, 2.75) is 50.2 Å². The molecule has 0 aromatic heterocycles. The van der Waals surface area contributed by atoms with Crippen molar-refractivity contribution in [1.29, 1.82) is 0 Å². The minimum atomic E-state index is -1.13. The van der Waals surface area contributed by atoms with Gasteiger partial charge in [0.2, 0.25) is 0 Å². The third-order valence-corrected chi connectivity index (χ3v) is 4.18. The molecule has 0 spiro atoms. The first kappa shape index (κ1) is 15.1. The predicted molar refractivity (Wildman–Crippen MR) is 72.4 cm³/mol. The number of amides is 2. The van der Waals surface area contributed by atoms with Gasteiger partial charge in [-0.2, -0.15) is 0 Å². The van der Waals surface area contributed by atoms with Crippen molar-refractivity contribution >= 4 is 12.0 Å². The van der Waals surface area contributed by atoms with E-state index in [1.54, 1.807) is 0 Å². The van der Waals surface area contributed by atoms with E-state index in [4.69, 9.17) is 10.2 Å². The summed E-state index contributed by atoms with van der Waals surface area (Å²) in [6, 6.07) is -0.825. The number of urea groups is 1. The Kier molecular flexibility index (Phi) is 5.19. The van der Waals surface area contributed by atoms with Crippen LogP contribution in [0.3, 0.4) is 0 Å². The SMILES string of the molecule is O=C(NC1CCN2CCCC2C1)N[C@@H](CCO)C(=O)O. The molecule has 0 radical (unpaired) electrons. The van der Waals surface area contributed by atoms with Crippen LogP contribution in [0.5, 0.6) is 0 Å². The van der Waals surface area contributed by atoms with Crippen LogP contribution in [0.15, 0.2) is 0 Å². The summed E-state index contributed by atoms with van der Waals surface area (Å²) < 4.78 is 0. The molecule has 0 bridgehead atoms. The zero-order chi connectivity index (χ0) is 14.5. The fourth-order valence-electron chi connectivity index (χ4n) is 3.13. The molecule has 2 aliphatic heterocycles. The zero-order valence-corrected chi connectivity index (χ0v) is 11.5. The molecule has 2 fully saturated rings. The monoisotopic (exact) mass is 285 g/mol. The Morgan fingerprint density at radius 2 is 2.10 bits per heavy atom. The molecule has 0 saturated carbocycles. The number of nitrogens with one attached hydrogen (secondary N) is 2. The van der Waals surface area contributed by atoms with Gasteiger partial charge in [-0.05, 0) is 32.2 Å². The van der Waals surface area contributed by atoms with Crippen LogP contribution >= 0.6 is 0 Å². The van der Waals surface area contributed by atoms with Crippen LogP contribution in [0, 0.1) is 0 Å². The van der Waals surface area contributed by atoms with Crippen molar-refractivity contribution in [3.05, 3.63) is 0 Å². The number of aliphatic hydroxyl groups excluding tert-OH is 1. The number of carbonyl (C=O) groups is 2. The van der Waals surface area contributed by atoms with Crippen LogP contribution in [0.4, 0.5) is 4.79 Å². The molecule has 3 atom stereocenters. The van der Waals surface area contributed by atoms with Crippen molar-refractivity contribution in [3.8, 4) is 0 Å². The lowest BCUT2D eigenvalue weighted by atomic mass is 9.98. The Bertz CT molecular complexity index is 364. The van der Waals surface area contributed by atoms with E-state index in [0.29, 0.717) is 6.04 Å². The summed E-state index contributed by atoms with van der Waals surface area (Å²) in [6.07, 6.45) is 4.26. The number of aliphatic carboxylic acids is 1. The molecule has 0 aromatic rings. The quantitative estimate of drug-likeness (QED) is 0.558. The summed E-state index contributed by atoms with van der Waals surface area (Å²) in [5.74, 6) is -1.13. The predicted octanol–water partition coefficient (Wildman–Crippen LogP) is -0.252. The smallest absolute Gasteiger partial charge is 0.326 e. The van der Waals surface area contributed by atoms with Gasteiger partial charge >= 0.3 is 12.0 Å². The molecule has 2 rings (SSSR count). The number of carbonyl (C=O) groups excluding carboxylic acids is 1. The van der Waals surface area contributed by atoms with Crippen LogP contribution in [-0.4, -0.2) is 64.9 Å². The number of aliphatic hydroxyl groups is 1.